The van der Waals surface area contributed by atoms with Gasteiger partial charge in [-0.05, 0) is 54.4 Å². The van der Waals surface area contributed by atoms with E-state index < -0.39 is 29.5 Å². The van der Waals surface area contributed by atoms with E-state index in [-0.39, 0.29) is 36.7 Å². The Bertz CT molecular complexity index is 1080. The van der Waals surface area contributed by atoms with E-state index in [1.165, 1.54) is 4.90 Å². The van der Waals surface area contributed by atoms with Gasteiger partial charge in [-0.1, -0.05) is 29.3 Å². The largest absolute Gasteiger partial charge is 0.416 e. The molecule has 2 aromatic rings. The third-order valence-electron chi connectivity index (χ3n) is 6.37. The number of hydrogen-bond donors (Lipinski definition) is 1. The standard InChI is InChI=1S/C23H21Cl2F6N3O/c24-18-2-1-14(9-19(18)25)17-11-32-4-3-20(17)34-6-5-33(21(34)35)12-13-7-15(22(26,27)28)10-16(8-13)23(29,30)31/h1-2,7-10,17,20,32H,3-6,11-12H2/t17-,20+/m0/s1. The number of urea groups is 1. The maximum Gasteiger partial charge on any atom is 0.416 e. The van der Waals surface area contributed by atoms with Crippen molar-refractivity contribution < 1.29 is 31.1 Å². The molecule has 0 aliphatic carbocycles. The summed E-state index contributed by atoms with van der Waals surface area (Å²) >= 11 is 12.2. The molecule has 12 heteroatoms. The van der Waals surface area contributed by atoms with E-state index in [1.807, 2.05) is 6.07 Å². The van der Waals surface area contributed by atoms with Crippen LogP contribution in [0.25, 0.3) is 0 Å². The zero-order valence-electron chi connectivity index (χ0n) is 18.2. The molecule has 2 aliphatic heterocycles. The lowest BCUT2D eigenvalue weighted by atomic mass is 9.86. The van der Waals surface area contributed by atoms with Gasteiger partial charge in [0, 0.05) is 38.1 Å². The van der Waals surface area contributed by atoms with E-state index in [2.05, 4.69) is 5.32 Å². The Morgan fingerprint density at radius 2 is 1.57 bits per heavy atom. The van der Waals surface area contributed by atoms with Gasteiger partial charge in [0.1, 0.15) is 0 Å². The molecular weight excluding hydrogens is 519 g/mol. The molecule has 35 heavy (non-hydrogen) atoms. The van der Waals surface area contributed by atoms with E-state index in [0.29, 0.717) is 48.2 Å². The summed E-state index contributed by atoms with van der Waals surface area (Å²) in [6, 6.07) is 6.02. The van der Waals surface area contributed by atoms with Gasteiger partial charge in [-0.2, -0.15) is 26.3 Å². The second kappa shape index (κ2) is 9.71. The van der Waals surface area contributed by atoms with Gasteiger partial charge >= 0.3 is 18.4 Å². The number of nitrogens with zero attached hydrogens (tertiary/aromatic N) is 2. The van der Waals surface area contributed by atoms with Gasteiger partial charge in [-0.3, -0.25) is 0 Å². The van der Waals surface area contributed by atoms with Gasteiger partial charge in [0.05, 0.1) is 21.2 Å². The number of benzene rings is 2. The van der Waals surface area contributed by atoms with E-state index in [0.717, 1.165) is 5.56 Å². The number of piperidine rings is 1. The highest BCUT2D eigenvalue weighted by Gasteiger charge is 2.40. The highest BCUT2D eigenvalue weighted by Crippen LogP contribution is 2.37. The Morgan fingerprint density at radius 1 is 0.914 bits per heavy atom. The first-order valence-corrected chi connectivity index (χ1v) is 11.6. The lowest BCUT2D eigenvalue weighted by Crippen LogP contribution is -2.49. The number of amides is 2. The van der Waals surface area contributed by atoms with Crippen LogP contribution in [0.5, 0.6) is 0 Å². The number of hydrogen-bond acceptors (Lipinski definition) is 2. The molecule has 1 N–H and O–H groups in total. The first kappa shape index (κ1) is 25.9. The fourth-order valence-electron chi connectivity index (χ4n) is 4.69. The lowest BCUT2D eigenvalue weighted by molar-refractivity contribution is -0.143. The Hall–Kier alpha value is -2.17. The normalized spacial score (nSPS) is 21.7. The molecule has 0 radical (unpaired) electrons. The summed E-state index contributed by atoms with van der Waals surface area (Å²) in [5, 5.41) is 4.07. The highest BCUT2D eigenvalue weighted by molar-refractivity contribution is 6.42. The molecule has 2 aromatic carbocycles. The first-order valence-electron chi connectivity index (χ1n) is 10.8. The van der Waals surface area contributed by atoms with Crippen molar-refractivity contribution in [3.63, 3.8) is 0 Å². The Labute approximate surface area is 207 Å². The molecule has 2 heterocycles. The molecule has 0 aromatic heterocycles. The smallest absolute Gasteiger partial charge is 0.319 e. The number of alkyl halides is 6. The van der Waals surface area contributed by atoms with Crippen molar-refractivity contribution in [2.24, 2.45) is 0 Å². The predicted octanol–water partition coefficient (Wildman–Crippen LogP) is 6.41. The van der Waals surface area contributed by atoms with Crippen LogP contribution in [0.2, 0.25) is 10.0 Å². The summed E-state index contributed by atoms with van der Waals surface area (Å²) in [6.45, 7) is 1.38. The molecule has 0 saturated carbocycles. The van der Waals surface area contributed by atoms with E-state index in [4.69, 9.17) is 23.2 Å². The second-order valence-corrected chi connectivity index (χ2v) is 9.47. The van der Waals surface area contributed by atoms with Crippen LogP contribution in [0.4, 0.5) is 31.1 Å². The zero-order valence-corrected chi connectivity index (χ0v) is 19.7. The van der Waals surface area contributed by atoms with E-state index in [9.17, 15) is 31.1 Å². The molecule has 2 amide bonds. The number of rotatable bonds is 4. The van der Waals surface area contributed by atoms with Crippen molar-refractivity contribution in [3.05, 3.63) is 68.7 Å². The van der Waals surface area contributed by atoms with Crippen molar-refractivity contribution in [2.45, 2.75) is 37.3 Å². The summed E-state index contributed by atoms with van der Waals surface area (Å²) in [6.07, 6.45) is -9.26. The molecule has 0 unspecified atom stereocenters. The number of carbonyl (C=O) groups excluding carboxylic acids is 1. The van der Waals surface area contributed by atoms with Crippen LogP contribution in [0.15, 0.2) is 36.4 Å². The summed E-state index contributed by atoms with van der Waals surface area (Å²) in [4.78, 5) is 16.1. The molecule has 4 rings (SSSR count). The molecule has 4 nitrogen and oxygen atoms in total. The third-order valence-corrected chi connectivity index (χ3v) is 7.10. The molecule has 2 saturated heterocycles. The highest BCUT2D eigenvalue weighted by atomic mass is 35.5. The van der Waals surface area contributed by atoms with Crippen LogP contribution in [-0.2, 0) is 18.9 Å². The van der Waals surface area contributed by atoms with Crippen molar-refractivity contribution in [1.82, 2.24) is 15.1 Å². The van der Waals surface area contributed by atoms with Crippen molar-refractivity contribution in [3.8, 4) is 0 Å². The van der Waals surface area contributed by atoms with Gasteiger partial charge in [0.2, 0.25) is 0 Å². The first-order chi connectivity index (χ1) is 16.3. The number of halogens is 8. The van der Waals surface area contributed by atoms with Gasteiger partial charge < -0.3 is 15.1 Å². The van der Waals surface area contributed by atoms with Crippen molar-refractivity contribution in [2.75, 3.05) is 26.2 Å². The molecule has 0 bridgehead atoms. The maximum atomic E-state index is 13.2. The summed E-state index contributed by atoms with van der Waals surface area (Å²) in [5.41, 5.74) is -2.14. The summed E-state index contributed by atoms with van der Waals surface area (Å²) in [7, 11) is 0. The Balaban J connectivity index is 1.56. The van der Waals surface area contributed by atoms with Crippen LogP contribution >= 0.6 is 23.2 Å². The fourth-order valence-corrected chi connectivity index (χ4v) is 4.99. The molecular formula is C23H21Cl2F6N3O. The minimum absolute atomic E-state index is 0.0818. The molecule has 2 aliphatic rings. The average molecular weight is 540 g/mol. The summed E-state index contributed by atoms with van der Waals surface area (Å²) in [5.74, 6) is -0.104. The lowest BCUT2D eigenvalue weighted by Gasteiger charge is -2.38. The monoisotopic (exact) mass is 539 g/mol. The van der Waals surface area contributed by atoms with Crippen LogP contribution in [-0.4, -0.2) is 48.1 Å². The topological polar surface area (TPSA) is 35.6 Å². The van der Waals surface area contributed by atoms with Gasteiger partial charge in [-0.15, -0.1) is 0 Å². The minimum atomic E-state index is -4.95. The molecule has 190 valence electrons. The predicted molar refractivity (Wildman–Crippen MR) is 119 cm³/mol. The van der Waals surface area contributed by atoms with Crippen molar-refractivity contribution in [1.29, 1.82) is 0 Å². The third kappa shape index (κ3) is 5.65. The zero-order chi connectivity index (χ0) is 25.5. The van der Waals surface area contributed by atoms with Gasteiger partial charge in [0.15, 0.2) is 0 Å². The SMILES string of the molecule is O=C1N(Cc2cc(C(F)(F)F)cc(C(F)(F)F)c2)CCN1[C@@H]1CCNC[C@H]1c1ccc(Cl)c(Cl)c1. The van der Waals surface area contributed by atoms with Crippen molar-refractivity contribution >= 4 is 29.2 Å². The quantitative estimate of drug-likeness (QED) is 0.455. The van der Waals surface area contributed by atoms with Gasteiger partial charge in [0.25, 0.3) is 0 Å². The van der Waals surface area contributed by atoms with Crippen LogP contribution < -0.4 is 5.32 Å². The van der Waals surface area contributed by atoms with Crippen LogP contribution in [0.3, 0.4) is 0 Å². The number of carbonyl (C=O) groups is 1. The summed E-state index contributed by atoms with van der Waals surface area (Å²) < 4.78 is 79.3. The minimum Gasteiger partial charge on any atom is -0.319 e. The average Bonchev–Trinajstić information content (AvgIpc) is 3.14. The maximum absolute atomic E-state index is 13.2. The van der Waals surface area contributed by atoms with Crippen LogP contribution in [0, 0.1) is 0 Å². The Kier molecular flexibility index (Phi) is 7.19. The Morgan fingerprint density at radius 3 is 2.17 bits per heavy atom. The van der Waals surface area contributed by atoms with Gasteiger partial charge in [-0.25, -0.2) is 4.79 Å². The molecule has 2 fully saturated rings. The van der Waals surface area contributed by atoms with Crippen LogP contribution in [0.1, 0.15) is 34.6 Å². The van der Waals surface area contributed by atoms with E-state index in [1.54, 1.807) is 17.0 Å². The van der Waals surface area contributed by atoms with E-state index >= 15 is 0 Å². The number of nitrogens with one attached hydrogen (secondary N) is 1. The molecule has 0 spiro atoms. The molecule has 2 atom stereocenters. The second-order valence-electron chi connectivity index (χ2n) is 8.65. The fraction of sp³-hybridized carbons (Fsp3) is 0.435.